The fourth-order valence-electron chi connectivity index (χ4n) is 2.35. The molecule has 0 atom stereocenters. The highest BCUT2D eigenvalue weighted by Gasteiger charge is 2.16. The summed E-state index contributed by atoms with van der Waals surface area (Å²) in [5.41, 5.74) is -0.281. The molecule has 5 nitrogen and oxygen atoms in total. The number of halogens is 1. The number of aromatic nitrogens is 1. The Morgan fingerprint density at radius 2 is 2.00 bits per heavy atom. The number of carbonyl (C=O) groups is 1. The summed E-state index contributed by atoms with van der Waals surface area (Å²) in [6, 6.07) is 12.9. The third-order valence-corrected chi connectivity index (χ3v) is 4.41. The lowest BCUT2D eigenvalue weighted by molar-refractivity contribution is 0.102. The van der Waals surface area contributed by atoms with Crippen LogP contribution in [0.25, 0.3) is 21.2 Å². The molecular weight excluding hydrogens is 331 g/mol. The van der Waals surface area contributed by atoms with Crippen LogP contribution in [0.1, 0.15) is 10.4 Å². The molecule has 4 aromatic rings. The molecule has 0 aliphatic carbocycles. The van der Waals surface area contributed by atoms with Crippen LogP contribution in [0.4, 0.5) is 9.52 Å². The topological polar surface area (TPSA) is 72.2 Å². The van der Waals surface area contributed by atoms with Crippen LogP contribution in [-0.4, -0.2) is 10.9 Å². The SMILES string of the molecule is O=C(Nc1nc2c(F)cccc2s1)c1cc2ccccc2oc1=O. The Labute approximate surface area is 138 Å². The molecule has 0 aliphatic heterocycles. The van der Waals surface area contributed by atoms with Gasteiger partial charge in [-0.1, -0.05) is 35.6 Å². The van der Waals surface area contributed by atoms with Gasteiger partial charge in [0.15, 0.2) is 5.13 Å². The van der Waals surface area contributed by atoms with Crippen LogP contribution in [0.2, 0.25) is 0 Å². The van der Waals surface area contributed by atoms with E-state index in [2.05, 4.69) is 10.3 Å². The number of nitrogens with one attached hydrogen (secondary N) is 1. The average Bonchev–Trinajstić information content (AvgIpc) is 2.98. The van der Waals surface area contributed by atoms with E-state index in [0.29, 0.717) is 15.7 Å². The molecule has 4 rings (SSSR count). The third kappa shape index (κ3) is 2.44. The second kappa shape index (κ2) is 5.54. The van der Waals surface area contributed by atoms with E-state index in [1.54, 1.807) is 36.4 Å². The molecule has 1 amide bonds. The summed E-state index contributed by atoms with van der Waals surface area (Å²) in [6.45, 7) is 0. The van der Waals surface area contributed by atoms with Crippen molar-refractivity contribution >= 4 is 43.6 Å². The number of hydrogen-bond acceptors (Lipinski definition) is 5. The van der Waals surface area contributed by atoms with Gasteiger partial charge in [-0.05, 0) is 24.3 Å². The zero-order valence-electron chi connectivity index (χ0n) is 12.1. The summed E-state index contributed by atoms with van der Waals surface area (Å²) in [7, 11) is 0. The lowest BCUT2D eigenvalue weighted by Gasteiger charge is -2.02. The minimum atomic E-state index is -0.738. The Morgan fingerprint density at radius 3 is 2.83 bits per heavy atom. The number of thiazole rings is 1. The van der Waals surface area contributed by atoms with E-state index in [-0.39, 0.29) is 16.2 Å². The van der Waals surface area contributed by atoms with E-state index < -0.39 is 17.3 Å². The van der Waals surface area contributed by atoms with Crippen LogP contribution >= 0.6 is 11.3 Å². The van der Waals surface area contributed by atoms with Crippen LogP contribution in [0.15, 0.2) is 57.7 Å². The van der Waals surface area contributed by atoms with Crippen molar-refractivity contribution in [2.45, 2.75) is 0 Å². The molecule has 0 spiro atoms. The van der Waals surface area contributed by atoms with Gasteiger partial charge in [0, 0.05) is 5.39 Å². The predicted molar refractivity (Wildman–Crippen MR) is 90.0 cm³/mol. The average molecular weight is 340 g/mol. The second-order valence-corrected chi connectivity index (χ2v) is 6.08. The molecule has 2 heterocycles. The fraction of sp³-hybridized carbons (Fsp3) is 0. The highest BCUT2D eigenvalue weighted by molar-refractivity contribution is 7.22. The van der Waals surface area contributed by atoms with Crippen LogP contribution in [0.3, 0.4) is 0 Å². The van der Waals surface area contributed by atoms with Gasteiger partial charge < -0.3 is 4.42 Å². The largest absolute Gasteiger partial charge is 0.422 e. The summed E-state index contributed by atoms with van der Waals surface area (Å²) in [6.07, 6.45) is 0. The first-order valence-corrected chi connectivity index (χ1v) is 7.83. The molecule has 0 bridgehead atoms. The molecule has 0 saturated carbocycles. The Hall–Kier alpha value is -3.06. The number of amides is 1. The standard InChI is InChI=1S/C17H9FN2O3S/c18-11-5-3-7-13-14(11)19-17(24-13)20-15(21)10-8-9-4-1-2-6-12(9)23-16(10)22/h1-8H,(H,19,20,21). The van der Waals surface area contributed by atoms with E-state index in [1.165, 1.54) is 12.1 Å². The molecule has 1 N–H and O–H groups in total. The minimum Gasteiger partial charge on any atom is -0.422 e. The molecular formula is C17H9FN2O3S. The van der Waals surface area contributed by atoms with Crippen molar-refractivity contribution in [3.05, 3.63) is 70.3 Å². The molecule has 0 fully saturated rings. The smallest absolute Gasteiger partial charge is 0.349 e. The molecule has 118 valence electrons. The van der Waals surface area contributed by atoms with Crippen molar-refractivity contribution in [2.75, 3.05) is 5.32 Å². The summed E-state index contributed by atoms with van der Waals surface area (Å²) in [5, 5.41) is 3.37. The number of benzene rings is 2. The first kappa shape index (κ1) is 14.5. The van der Waals surface area contributed by atoms with Gasteiger partial charge in [0.2, 0.25) is 0 Å². The van der Waals surface area contributed by atoms with E-state index >= 15 is 0 Å². The van der Waals surface area contributed by atoms with Crippen molar-refractivity contribution in [3.63, 3.8) is 0 Å². The highest BCUT2D eigenvalue weighted by atomic mass is 32.1. The van der Waals surface area contributed by atoms with Gasteiger partial charge in [-0.2, -0.15) is 0 Å². The Bertz CT molecular complexity index is 1150. The van der Waals surface area contributed by atoms with E-state index in [1.807, 2.05) is 0 Å². The Morgan fingerprint density at radius 1 is 1.17 bits per heavy atom. The van der Waals surface area contributed by atoms with Crippen molar-refractivity contribution in [3.8, 4) is 0 Å². The zero-order chi connectivity index (χ0) is 16.7. The number of anilines is 1. The number of fused-ring (bicyclic) bond motifs is 2. The molecule has 7 heteroatoms. The summed E-state index contributed by atoms with van der Waals surface area (Å²) in [5.74, 6) is -1.11. The number of rotatable bonds is 2. The predicted octanol–water partition coefficient (Wildman–Crippen LogP) is 3.79. The van der Waals surface area contributed by atoms with Gasteiger partial charge in [0.1, 0.15) is 22.5 Å². The Kier molecular flexibility index (Phi) is 3.35. The van der Waals surface area contributed by atoms with E-state index in [9.17, 15) is 14.0 Å². The monoisotopic (exact) mass is 340 g/mol. The maximum absolute atomic E-state index is 13.7. The van der Waals surface area contributed by atoms with Crippen LogP contribution < -0.4 is 10.9 Å². The zero-order valence-corrected chi connectivity index (χ0v) is 12.9. The van der Waals surface area contributed by atoms with Crippen molar-refractivity contribution in [1.82, 2.24) is 4.98 Å². The first-order chi connectivity index (χ1) is 11.6. The van der Waals surface area contributed by atoms with Gasteiger partial charge >= 0.3 is 5.63 Å². The number of hydrogen-bond donors (Lipinski definition) is 1. The van der Waals surface area contributed by atoms with E-state index in [4.69, 9.17) is 4.42 Å². The van der Waals surface area contributed by atoms with Gasteiger partial charge in [-0.15, -0.1) is 0 Å². The third-order valence-electron chi connectivity index (χ3n) is 3.48. The molecule has 0 unspecified atom stereocenters. The molecule has 24 heavy (non-hydrogen) atoms. The van der Waals surface area contributed by atoms with Crippen LogP contribution in [-0.2, 0) is 0 Å². The van der Waals surface area contributed by atoms with Crippen molar-refractivity contribution in [1.29, 1.82) is 0 Å². The second-order valence-electron chi connectivity index (χ2n) is 5.05. The van der Waals surface area contributed by atoms with Gasteiger partial charge in [-0.25, -0.2) is 14.2 Å². The molecule has 2 aromatic carbocycles. The lowest BCUT2D eigenvalue weighted by atomic mass is 10.2. The minimum absolute atomic E-state index is 0.131. The van der Waals surface area contributed by atoms with Gasteiger partial charge in [0.05, 0.1) is 4.70 Å². The van der Waals surface area contributed by atoms with Crippen LogP contribution in [0.5, 0.6) is 0 Å². The van der Waals surface area contributed by atoms with Crippen LogP contribution in [0, 0.1) is 5.82 Å². The highest BCUT2D eigenvalue weighted by Crippen LogP contribution is 2.27. The quantitative estimate of drug-likeness (QED) is 0.564. The van der Waals surface area contributed by atoms with Crippen molar-refractivity contribution in [2.24, 2.45) is 0 Å². The summed E-state index contributed by atoms with van der Waals surface area (Å²) >= 11 is 1.13. The molecule has 0 aliphatic rings. The number of para-hydroxylation sites is 2. The Balaban J connectivity index is 1.71. The van der Waals surface area contributed by atoms with Gasteiger partial charge in [0.25, 0.3) is 5.91 Å². The molecule has 0 radical (unpaired) electrons. The molecule has 0 saturated heterocycles. The lowest BCUT2D eigenvalue weighted by Crippen LogP contribution is -2.20. The normalized spacial score (nSPS) is 11.0. The maximum atomic E-state index is 13.7. The molecule has 2 aromatic heterocycles. The summed E-state index contributed by atoms with van der Waals surface area (Å²) in [4.78, 5) is 28.4. The summed E-state index contributed by atoms with van der Waals surface area (Å²) < 4.78 is 19.4. The van der Waals surface area contributed by atoms with Crippen molar-refractivity contribution < 1.29 is 13.6 Å². The fourth-order valence-corrected chi connectivity index (χ4v) is 3.23. The number of nitrogens with zero attached hydrogens (tertiary/aromatic N) is 1. The van der Waals surface area contributed by atoms with Gasteiger partial charge in [-0.3, -0.25) is 10.1 Å². The maximum Gasteiger partial charge on any atom is 0.349 e. The first-order valence-electron chi connectivity index (χ1n) is 7.01. The van der Waals surface area contributed by atoms with E-state index in [0.717, 1.165) is 11.3 Å². The number of carbonyl (C=O) groups excluding carboxylic acids is 1.